The highest BCUT2D eigenvalue weighted by Crippen LogP contribution is 2.24. The van der Waals surface area contributed by atoms with Crippen LogP contribution in [0.4, 0.5) is 0 Å². The van der Waals surface area contributed by atoms with Crippen LogP contribution in [0, 0.1) is 13.8 Å². The van der Waals surface area contributed by atoms with Gasteiger partial charge in [0.05, 0.1) is 19.3 Å². The molecule has 27 heavy (non-hydrogen) atoms. The molecule has 0 N–H and O–H groups in total. The normalized spacial score (nSPS) is 12.0. The number of ketones is 1. The zero-order valence-corrected chi connectivity index (χ0v) is 17.2. The van der Waals surface area contributed by atoms with Crippen molar-refractivity contribution in [1.29, 1.82) is 0 Å². The van der Waals surface area contributed by atoms with Gasteiger partial charge in [-0.3, -0.25) is 9.59 Å². The molecule has 0 fully saturated rings. The predicted octanol–water partition coefficient (Wildman–Crippen LogP) is 1.51. The van der Waals surface area contributed by atoms with Crippen molar-refractivity contribution < 1.29 is 28.6 Å². The van der Waals surface area contributed by atoms with Crippen LogP contribution in [0.3, 0.4) is 0 Å². The molecular formula is C19H30N2O6. The molecule has 1 heterocycles. The smallest absolute Gasteiger partial charge is 0.355 e. The number of esters is 1. The van der Waals surface area contributed by atoms with Gasteiger partial charge in [-0.2, -0.15) is 0 Å². The molecule has 152 valence electrons. The number of carbonyl (C=O) groups excluding carboxylic acids is 3. The third-order valence-corrected chi connectivity index (χ3v) is 4.62. The molecule has 0 aliphatic rings. The first-order valence-electron chi connectivity index (χ1n) is 8.87. The van der Waals surface area contributed by atoms with E-state index in [-0.39, 0.29) is 31.4 Å². The molecule has 0 aliphatic carbocycles. The number of hydrogen-bond donors (Lipinski definition) is 0. The Labute approximate surface area is 160 Å². The Balaban J connectivity index is 3.27. The topological polar surface area (TPSA) is 87.1 Å². The van der Waals surface area contributed by atoms with Crippen molar-refractivity contribution >= 4 is 17.7 Å². The van der Waals surface area contributed by atoms with E-state index in [2.05, 4.69) is 0 Å². The summed E-state index contributed by atoms with van der Waals surface area (Å²) in [6.45, 7) is 7.57. The first kappa shape index (κ1) is 22.9. The highest BCUT2D eigenvalue weighted by atomic mass is 16.5. The molecule has 1 aromatic heterocycles. The van der Waals surface area contributed by atoms with E-state index in [1.165, 1.54) is 19.1 Å². The van der Waals surface area contributed by atoms with E-state index in [0.29, 0.717) is 29.1 Å². The summed E-state index contributed by atoms with van der Waals surface area (Å²) in [5, 5.41) is 0. The zero-order valence-electron chi connectivity index (χ0n) is 17.2. The van der Waals surface area contributed by atoms with Crippen LogP contribution < -0.4 is 0 Å². The van der Waals surface area contributed by atoms with Crippen molar-refractivity contribution in [3.63, 3.8) is 0 Å². The molecule has 8 heteroatoms. The molecule has 1 rings (SSSR count). The van der Waals surface area contributed by atoms with Crippen LogP contribution in [0.2, 0.25) is 0 Å². The van der Waals surface area contributed by atoms with Crippen molar-refractivity contribution in [3.05, 3.63) is 22.5 Å². The van der Waals surface area contributed by atoms with Crippen molar-refractivity contribution in [2.24, 2.45) is 7.05 Å². The molecule has 0 aromatic carbocycles. The standard InChI is InChI=1S/C19H30N2O6/c1-8-27-19(24)17-12(2)16(13(3)20(17)5)18(23)14(4)21(9-10-25-6)15(22)11-26-7/h14H,8-11H2,1-7H3. The average Bonchev–Trinajstić information content (AvgIpc) is 2.84. The second kappa shape index (κ2) is 10.2. The minimum Gasteiger partial charge on any atom is -0.461 e. The van der Waals surface area contributed by atoms with Crippen LogP contribution in [-0.2, 0) is 26.1 Å². The number of aromatic nitrogens is 1. The lowest BCUT2D eigenvalue weighted by atomic mass is 10.00. The summed E-state index contributed by atoms with van der Waals surface area (Å²) in [7, 11) is 4.67. The fourth-order valence-corrected chi connectivity index (χ4v) is 3.11. The van der Waals surface area contributed by atoms with Gasteiger partial charge in [0.25, 0.3) is 0 Å². The summed E-state index contributed by atoms with van der Waals surface area (Å²) in [6, 6.07) is -0.724. The SMILES string of the molecule is CCOC(=O)c1c(C)c(C(=O)C(C)N(CCOC)C(=O)COC)c(C)n1C. The number of ether oxygens (including phenoxy) is 3. The molecule has 0 spiro atoms. The lowest BCUT2D eigenvalue weighted by Crippen LogP contribution is -2.46. The third-order valence-electron chi connectivity index (χ3n) is 4.62. The Morgan fingerprint density at radius 3 is 2.30 bits per heavy atom. The Morgan fingerprint density at radius 2 is 1.78 bits per heavy atom. The highest BCUT2D eigenvalue weighted by Gasteiger charge is 2.32. The van der Waals surface area contributed by atoms with Gasteiger partial charge in [-0.15, -0.1) is 0 Å². The first-order valence-corrected chi connectivity index (χ1v) is 8.87. The molecule has 0 saturated heterocycles. The number of Topliss-reactive ketones (excluding diaryl/α,β-unsaturated/α-hetero) is 1. The van der Waals surface area contributed by atoms with E-state index in [9.17, 15) is 14.4 Å². The molecule has 0 bridgehead atoms. The average molecular weight is 382 g/mol. The molecule has 1 amide bonds. The molecule has 1 aromatic rings. The summed E-state index contributed by atoms with van der Waals surface area (Å²) >= 11 is 0. The Bertz CT molecular complexity index is 695. The highest BCUT2D eigenvalue weighted by molar-refractivity contribution is 6.06. The number of hydrogen-bond acceptors (Lipinski definition) is 6. The molecule has 1 unspecified atom stereocenters. The van der Waals surface area contributed by atoms with E-state index in [0.717, 1.165) is 0 Å². The third kappa shape index (κ3) is 4.95. The van der Waals surface area contributed by atoms with Crippen LogP contribution in [-0.4, -0.2) is 73.8 Å². The lowest BCUT2D eigenvalue weighted by molar-refractivity contribution is -0.137. The van der Waals surface area contributed by atoms with Gasteiger partial charge < -0.3 is 23.7 Å². The number of nitrogens with zero attached hydrogens (tertiary/aromatic N) is 2. The van der Waals surface area contributed by atoms with Gasteiger partial charge in [-0.1, -0.05) is 0 Å². The van der Waals surface area contributed by atoms with E-state index < -0.39 is 12.0 Å². The number of carbonyl (C=O) groups is 3. The summed E-state index contributed by atoms with van der Waals surface area (Å²) in [4.78, 5) is 39.3. The van der Waals surface area contributed by atoms with Crippen molar-refractivity contribution in [2.75, 3.05) is 40.6 Å². The molecule has 8 nitrogen and oxygen atoms in total. The maximum atomic E-state index is 13.2. The van der Waals surface area contributed by atoms with Gasteiger partial charge in [0.15, 0.2) is 5.78 Å². The van der Waals surface area contributed by atoms with E-state index in [4.69, 9.17) is 14.2 Å². The number of rotatable bonds is 10. The Kier molecular flexibility index (Phi) is 8.65. The van der Waals surface area contributed by atoms with Gasteiger partial charge in [-0.05, 0) is 33.3 Å². The monoisotopic (exact) mass is 382 g/mol. The first-order chi connectivity index (χ1) is 12.7. The maximum absolute atomic E-state index is 13.2. The maximum Gasteiger partial charge on any atom is 0.355 e. The quantitative estimate of drug-likeness (QED) is 0.450. The minimum atomic E-state index is -0.724. The van der Waals surface area contributed by atoms with E-state index in [1.54, 1.807) is 39.3 Å². The second-order valence-corrected chi connectivity index (χ2v) is 6.27. The van der Waals surface area contributed by atoms with Crippen molar-refractivity contribution in [1.82, 2.24) is 9.47 Å². The molecule has 0 radical (unpaired) electrons. The van der Waals surface area contributed by atoms with Crippen molar-refractivity contribution in [3.8, 4) is 0 Å². The largest absolute Gasteiger partial charge is 0.461 e. The van der Waals surface area contributed by atoms with Crippen molar-refractivity contribution in [2.45, 2.75) is 33.7 Å². The predicted molar refractivity (Wildman–Crippen MR) is 100 cm³/mol. The van der Waals surface area contributed by atoms with E-state index in [1.807, 2.05) is 0 Å². The van der Waals surface area contributed by atoms with Crippen LogP contribution >= 0.6 is 0 Å². The zero-order chi connectivity index (χ0) is 20.7. The van der Waals surface area contributed by atoms with E-state index >= 15 is 0 Å². The number of amides is 1. The van der Waals surface area contributed by atoms with Crippen LogP contribution in [0.1, 0.15) is 46.0 Å². The molecule has 0 saturated carbocycles. The van der Waals surface area contributed by atoms with Gasteiger partial charge in [-0.25, -0.2) is 4.79 Å². The Hall–Kier alpha value is -2.19. The minimum absolute atomic E-state index is 0.123. The summed E-state index contributed by atoms with van der Waals surface area (Å²) in [5.74, 6) is -1.01. The summed E-state index contributed by atoms with van der Waals surface area (Å²) < 4.78 is 16.7. The number of methoxy groups -OCH3 is 2. The molecular weight excluding hydrogens is 352 g/mol. The van der Waals surface area contributed by atoms with Crippen LogP contribution in [0.25, 0.3) is 0 Å². The van der Waals surface area contributed by atoms with Crippen LogP contribution in [0.5, 0.6) is 0 Å². The fourth-order valence-electron chi connectivity index (χ4n) is 3.11. The molecule has 0 aliphatic heterocycles. The lowest BCUT2D eigenvalue weighted by Gasteiger charge is -2.28. The Morgan fingerprint density at radius 1 is 1.15 bits per heavy atom. The second-order valence-electron chi connectivity index (χ2n) is 6.27. The van der Waals surface area contributed by atoms with Gasteiger partial charge in [0.2, 0.25) is 5.91 Å². The molecule has 1 atom stereocenters. The van der Waals surface area contributed by atoms with Crippen LogP contribution in [0.15, 0.2) is 0 Å². The van der Waals surface area contributed by atoms with Gasteiger partial charge >= 0.3 is 5.97 Å². The summed E-state index contributed by atoms with van der Waals surface area (Å²) in [5.41, 5.74) is 1.98. The van der Waals surface area contributed by atoms with Gasteiger partial charge in [0.1, 0.15) is 12.3 Å². The summed E-state index contributed by atoms with van der Waals surface area (Å²) in [6.07, 6.45) is 0. The van der Waals surface area contributed by atoms with Gasteiger partial charge in [0, 0.05) is 39.1 Å². The fraction of sp³-hybridized carbons (Fsp3) is 0.632.